The molecule has 0 aliphatic rings. The highest BCUT2D eigenvalue weighted by Crippen LogP contribution is 2.06. The monoisotopic (exact) mass is 492 g/mol. The molecular weight excluding hydrogens is 460 g/mol. The summed E-state index contributed by atoms with van der Waals surface area (Å²) in [6.45, 7) is 0.468. The third kappa shape index (κ3) is 10.3. The lowest BCUT2D eigenvalue weighted by Gasteiger charge is -2.20. The van der Waals surface area contributed by atoms with Crippen LogP contribution in [0.4, 0.5) is 4.79 Å². The summed E-state index contributed by atoms with van der Waals surface area (Å²) in [5.41, 5.74) is 2.74. The van der Waals surface area contributed by atoms with Gasteiger partial charge in [0.05, 0.1) is 19.3 Å². The van der Waals surface area contributed by atoms with Crippen molar-refractivity contribution in [3.8, 4) is 0 Å². The van der Waals surface area contributed by atoms with Crippen LogP contribution in [0, 0.1) is 0 Å². The lowest BCUT2D eigenvalue weighted by Crippen LogP contribution is -2.50. The van der Waals surface area contributed by atoms with Gasteiger partial charge in [-0.15, -0.1) is 0 Å². The molecule has 0 saturated heterocycles. The molecule has 3 N–H and O–H groups in total. The first kappa shape index (κ1) is 26.9. The molecule has 3 rings (SSSR count). The number of nitrogens with one attached hydrogen (secondary N) is 2. The van der Waals surface area contributed by atoms with Crippen molar-refractivity contribution in [2.24, 2.45) is 0 Å². The highest BCUT2D eigenvalue weighted by molar-refractivity contribution is 5.85. The van der Waals surface area contributed by atoms with E-state index in [9.17, 15) is 14.7 Å². The Labute approximate surface area is 211 Å². The fourth-order valence-electron chi connectivity index (χ4n) is 3.34. The summed E-state index contributed by atoms with van der Waals surface area (Å²) in [6, 6.07) is 27.4. The van der Waals surface area contributed by atoms with Crippen molar-refractivity contribution in [2.45, 2.75) is 31.8 Å². The third-order valence-electron chi connectivity index (χ3n) is 5.20. The molecule has 0 bridgehead atoms. The van der Waals surface area contributed by atoms with Gasteiger partial charge in [0, 0.05) is 13.0 Å². The first-order valence-electron chi connectivity index (χ1n) is 11.8. The smallest absolute Gasteiger partial charge is 0.408 e. The van der Waals surface area contributed by atoms with Crippen LogP contribution in [0.15, 0.2) is 91.0 Å². The maximum atomic E-state index is 12.8. The Kier molecular flexibility index (Phi) is 11.4. The summed E-state index contributed by atoms with van der Waals surface area (Å²) in [5, 5.41) is 15.5. The minimum absolute atomic E-state index is 0.00896. The molecule has 0 aliphatic heterocycles. The van der Waals surface area contributed by atoms with Crippen LogP contribution in [0.2, 0.25) is 0 Å². The molecule has 0 aromatic heterocycles. The zero-order valence-electron chi connectivity index (χ0n) is 20.0. The number of ether oxygens (including phenoxy) is 3. The fourth-order valence-corrected chi connectivity index (χ4v) is 3.34. The van der Waals surface area contributed by atoms with Gasteiger partial charge >= 0.3 is 6.09 Å². The number of alkyl carbamates (subject to hydrolysis) is 1. The fraction of sp³-hybridized carbons (Fsp3) is 0.286. The Morgan fingerprint density at radius 2 is 1.31 bits per heavy atom. The second-order valence-corrected chi connectivity index (χ2v) is 8.17. The van der Waals surface area contributed by atoms with Gasteiger partial charge in [-0.2, -0.15) is 0 Å². The maximum absolute atomic E-state index is 12.8. The standard InChI is InChI=1S/C28H32N2O6/c31-25(20-35-21-34-18-23-12-6-2-7-13-23)17-29-27(32)26(16-22-10-4-1-5-11-22)30-28(33)36-19-24-14-8-3-9-15-24/h1-15,25-26,31H,16-21H2,(H,29,32)(H,30,33)/t25?,26-/m0/s1. The predicted molar refractivity (Wildman–Crippen MR) is 135 cm³/mol. The molecule has 0 radical (unpaired) electrons. The maximum Gasteiger partial charge on any atom is 0.408 e. The number of hydrogen-bond donors (Lipinski definition) is 3. The number of hydrogen-bond acceptors (Lipinski definition) is 6. The Bertz CT molecular complexity index is 1030. The highest BCUT2D eigenvalue weighted by atomic mass is 16.7. The average molecular weight is 493 g/mol. The normalized spacial score (nSPS) is 12.4. The van der Waals surface area contributed by atoms with Crippen molar-refractivity contribution in [3.05, 3.63) is 108 Å². The lowest BCUT2D eigenvalue weighted by atomic mass is 10.1. The van der Waals surface area contributed by atoms with Gasteiger partial charge in [-0.1, -0.05) is 91.0 Å². The van der Waals surface area contributed by atoms with E-state index in [0.717, 1.165) is 16.7 Å². The molecular formula is C28H32N2O6. The number of benzene rings is 3. The highest BCUT2D eigenvalue weighted by Gasteiger charge is 2.22. The van der Waals surface area contributed by atoms with Crippen molar-refractivity contribution in [2.75, 3.05) is 19.9 Å². The van der Waals surface area contributed by atoms with E-state index >= 15 is 0 Å². The van der Waals surface area contributed by atoms with Crippen molar-refractivity contribution >= 4 is 12.0 Å². The molecule has 3 aromatic rings. The van der Waals surface area contributed by atoms with E-state index in [1.54, 1.807) is 0 Å². The van der Waals surface area contributed by atoms with E-state index in [1.165, 1.54) is 0 Å². The first-order valence-corrected chi connectivity index (χ1v) is 11.8. The molecule has 0 aliphatic carbocycles. The Balaban J connectivity index is 1.42. The SMILES string of the molecule is O=C(N[C@@H](Cc1ccccc1)C(=O)NCC(O)COCOCc1ccccc1)OCc1ccccc1. The number of aliphatic hydroxyl groups excluding tert-OH is 1. The Morgan fingerprint density at radius 1 is 0.750 bits per heavy atom. The molecule has 0 saturated carbocycles. The average Bonchev–Trinajstić information content (AvgIpc) is 2.92. The summed E-state index contributed by atoms with van der Waals surface area (Å²) in [7, 11) is 0. The molecule has 0 fully saturated rings. The van der Waals surface area contributed by atoms with Crippen LogP contribution < -0.4 is 10.6 Å². The number of rotatable bonds is 14. The van der Waals surface area contributed by atoms with Crippen molar-refractivity contribution in [1.29, 1.82) is 0 Å². The third-order valence-corrected chi connectivity index (χ3v) is 5.20. The van der Waals surface area contributed by atoms with Crippen molar-refractivity contribution < 1.29 is 28.9 Å². The predicted octanol–water partition coefficient (Wildman–Crippen LogP) is 3.19. The van der Waals surface area contributed by atoms with Gasteiger partial charge in [0.1, 0.15) is 19.4 Å². The Morgan fingerprint density at radius 3 is 1.92 bits per heavy atom. The van der Waals surface area contributed by atoms with E-state index in [0.29, 0.717) is 6.61 Å². The number of carbonyl (C=O) groups is 2. The van der Waals surface area contributed by atoms with Gasteiger partial charge in [-0.25, -0.2) is 4.79 Å². The van der Waals surface area contributed by atoms with Crippen LogP contribution in [0.5, 0.6) is 0 Å². The molecule has 8 nitrogen and oxygen atoms in total. The summed E-state index contributed by atoms with van der Waals surface area (Å²) in [6.07, 6.45) is -1.36. The Hall–Kier alpha value is -3.72. The summed E-state index contributed by atoms with van der Waals surface area (Å²) >= 11 is 0. The van der Waals surface area contributed by atoms with E-state index in [-0.39, 0.29) is 33.0 Å². The van der Waals surface area contributed by atoms with Gasteiger partial charge in [-0.3, -0.25) is 4.79 Å². The van der Waals surface area contributed by atoms with Gasteiger partial charge in [0.15, 0.2) is 0 Å². The van der Waals surface area contributed by atoms with E-state index < -0.39 is 24.1 Å². The molecule has 2 amide bonds. The van der Waals surface area contributed by atoms with Crippen LogP contribution in [0.25, 0.3) is 0 Å². The topological polar surface area (TPSA) is 106 Å². The van der Waals surface area contributed by atoms with Crippen LogP contribution in [-0.2, 0) is 38.6 Å². The van der Waals surface area contributed by atoms with E-state index in [1.807, 2.05) is 91.0 Å². The summed E-state index contributed by atoms with van der Waals surface area (Å²) < 4.78 is 16.0. The van der Waals surface area contributed by atoms with Crippen molar-refractivity contribution in [3.63, 3.8) is 0 Å². The quantitative estimate of drug-likeness (QED) is 0.236. The second kappa shape index (κ2) is 15.3. The van der Waals surface area contributed by atoms with Gasteiger partial charge < -0.3 is 30.0 Å². The van der Waals surface area contributed by atoms with Crippen LogP contribution in [-0.4, -0.2) is 49.2 Å². The summed E-state index contributed by atoms with van der Waals surface area (Å²) in [5.74, 6) is -0.435. The van der Waals surface area contributed by atoms with Gasteiger partial charge in [0.2, 0.25) is 5.91 Å². The van der Waals surface area contributed by atoms with Crippen LogP contribution in [0.1, 0.15) is 16.7 Å². The molecule has 2 atom stereocenters. The molecule has 8 heteroatoms. The number of aliphatic hydroxyl groups is 1. The molecule has 0 heterocycles. The largest absolute Gasteiger partial charge is 0.445 e. The molecule has 36 heavy (non-hydrogen) atoms. The molecule has 190 valence electrons. The number of amides is 2. The molecule has 0 spiro atoms. The number of carbonyl (C=O) groups excluding carboxylic acids is 2. The van der Waals surface area contributed by atoms with E-state index in [4.69, 9.17) is 14.2 Å². The van der Waals surface area contributed by atoms with Gasteiger partial charge in [-0.05, 0) is 16.7 Å². The summed E-state index contributed by atoms with van der Waals surface area (Å²) in [4.78, 5) is 25.2. The zero-order chi connectivity index (χ0) is 25.4. The second-order valence-electron chi connectivity index (χ2n) is 8.17. The molecule has 1 unspecified atom stereocenters. The van der Waals surface area contributed by atoms with Crippen LogP contribution in [0.3, 0.4) is 0 Å². The minimum atomic E-state index is -0.934. The molecule has 3 aromatic carbocycles. The van der Waals surface area contributed by atoms with Crippen LogP contribution >= 0.6 is 0 Å². The van der Waals surface area contributed by atoms with E-state index in [2.05, 4.69) is 10.6 Å². The minimum Gasteiger partial charge on any atom is -0.445 e. The van der Waals surface area contributed by atoms with Gasteiger partial charge in [0.25, 0.3) is 0 Å². The lowest BCUT2D eigenvalue weighted by molar-refractivity contribution is -0.124. The zero-order valence-corrected chi connectivity index (χ0v) is 20.0. The van der Waals surface area contributed by atoms with Crippen molar-refractivity contribution in [1.82, 2.24) is 10.6 Å². The first-order chi connectivity index (χ1) is 17.6.